The number of aryl methyl sites for hydroxylation is 1. The zero-order valence-corrected chi connectivity index (χ0v) is 18.6. The highest BCUT2D eigenvalue weighted by Gasteiger charge is 2.02. The van der Waals surface area contributed by atoms with E-state index in [2.05, 4.69) is 62.0 Å². The zero-order chi connectivity index (χ0) is 21.6. The predicted octanol–water partition coefficient (Wildman–Crippen LogP) is 7.28. The fourth-order valence-corrected chi connectivity index (χ4v) is 3.23. The van der Waals surface area contributed by atoms with Crippen LogP contribution in [0.2, 0.25) is 0 Å². The molecule has 162 valence electrons. The molecule has 0 aromatic heterocycles. The maximum Gasteiger partial charge on any atom is 0.333 e. The highest BCUT2D eigenvalue weighted by Crippen LogP contribution is 2.23. The number of ether oxygens (including phenoxy) is 2. The Morgan fingerprint density at radius 1 is 0.733 bits per heavy atom. The monoisotopic (exact) mass is 408 g/mol. The van der Waals surface area contributed by atoms with Gasteiger partial charge >= 0.3 is 5.97 Å². The Morgan fingerprint density at radius 3 is 1.73 bits per heavy atom. The van der Waals surface area contributed by atoms with E-state index in [0.717, 1.165) is 31.6 Å². The maximum atomic E-state index is 11.2. The molecule has 0 radical (unpaired) electrons. The molecular formula is C27H36O3. The summed E-state index contributed by atoms with van der Waals surface area (Å²) in [5, 5.41) is 0. The molecule has 30 heavy (non-hydrogen) atoms. The van der Waals surface area contributed by atoms with E-state index in [1.807, 2.05) is 0 Å². The lowest BCUT2D eigenvalue weighted by Crippen LogP contribution is -2.05. The van der Waals surface area contributed by atoms with Crippen molar-refractivity contribution in [2.45, 2.75) is 65.2 Å². The maximum absolute atomic E-state index is 11.2. The predicted molar refractivity (Wildman–Crippen MR) is 125 cm³/mol. The van der Waals surface area contributed by atoms with Crippen LogP contribution in [0.15, 0.2) is 60.7 Å². The Morgan fingerprint density at radius 2 is 1.20 bits per heavy atom. The molecule has 0 spiro atoms. The molecule has 0 saturated carbocycles. The number of carbonyl (C=O) groups excluding carboxylic acids is 1. The molecule has 0 aliphatic carbocycles. The van der Waals surface area contributed by atoms with Crippen molar-refractivity contribution in [3.05, 3.63) is 66.2 Å². The van der Waals surface area contributed by atoms with Gasteiger partial charge in [0.1, 0.15) is 5.75 Å². The van der Waals surface area contributed by atoms with Crippen molar-refractivity contribution in [1.29, 1.82) is 0 Å². The van der Waals surface area contributed by atoms with Gasteiger partial charge in [-0.1, -0.05) is 87.1 Å². The van der Waals surface area contributed by atoms with Crippen molar-refractivity contribution in [2.24, 2.45) is 0 Å². The minimum atomic E-state index is -0.278. The van der Waals surface area contributed by atoms with Crippen molar-refractivity contribution < 1.29 is 14.3 Å². The smallest absolute Gasteiger partial charge is 0.333 e. The zero-order valence-electron chi connectivity index (χ0n) is 18.6. The van der Waals surface area contributed by atoms with Gasteiger partial charge in [-0.2, -0.15) is 0 Å². The molecule has 0 unspecified atom stereocenters. The first-order valence-corrected chi connectivity index (χ1v) is 11.2. The summed E-state index contributed by atoms with van der Waals surface area (Å²) in [6, 6.07) is 17.0. The van der Waals surface area contributed by atoms with Gasteiger partial charge in [-0.3, -0.25) is 0 Å². The second-order valence-electron chi connectivity index (χ2n) is 7.98. The molecule has 0 aliphatic heterocycles. The lowest BCUT2D eigenvalue weighted by atomic mass is 10.0. The molecule has 2 aromatic carbocycles. The SMILES string of the molecule is C=C(C)C(=O)OCCCCCCCCCCOc1ccc(-c2ccc(C)cc2)cc1. The van der Waals surface area contributed by atoms with Crippen LogP contribution in [-0.4, -0.2) is 19.2 Å². The van der Waals surface area contributed by atoms with Crippen LogP contribution < -0.4 is 4.74 Å². The van der Waals surface area contributed by atoms with E-state index < -0.39 is 0 Å². The largest absolute Gasteiger partial charge is 0.494 e. The van der Waals surface area contributed by atoms with Gasteiger partial charge in [0.25, 0.3) is 0 Å². The van der Waals surface area contributed by atoms with Crippen LogP contribution in [0, 0.1) is 6.92 Å². The minimum Gasteiger partial charge on any atom is -0.494 e. The highest BCUT2D eigenvalue weighted by atomic mass is 16.5. The average molecular weight is 409 g/mol. The fraction of sp³-hybridized carbons (Fsp3) is 0.444. The number of rotatable bonds is 14. The highest BCUT2D eigenvalue weighted by molar-refractivity contribution is 5.86. The van der Waals surface area contributed by atoms with Gasteiger partial charge in [-0.15, -0.1) is 0 Å². The summed E-state index contributed by atoms with van der Waals surface area (Å²) in [4.78, 5) is 11.2. The van der Waals surface area contributed by atoms with E-state index in [1.165, 1.54) is 48.8 Å². The van der Waals surface area contributed by atoms with Gasteiger partial charge in [0.05, 0.1) is 13.2 Å². The van der Waals surface area contributed by atoms with Gasteiger partial charge in [0.15, 0.2) is 0 Å². The van der Waals surface area contributed by atoms with Crippen LogP contribution in [0.3, 0.4) is 0 Å². The van der Waals surface area contributed by atoms with Crippen molar-refractivity contribution in [2.75, 3.05) is 13.2 Å². The Hall–Kier alpha value is -2.55. The number of hydrogen-bond acceptors (Lipinski definition) is 3. The molecule has 3 nitrogen and oxygen atoms in total. The van der Waals surface area contributed by atoms with Crippen LogP contribution in [0.25, 0.3) is 11.1 Å². The molecule has 0 atom stereocenters. The van der Waals surface area contributed by atoms with Crippen LogP contribution in [0.1, 0.15) is 63.9 Å². The van der Waals surface area contributed by atoms with Gasteiger partial charge in [-0.25, -0.2) is 4.79 Å². The lowest BCUT2D eigenvalue weighted by molar-refractivity contribution is -0.139. The lowest BCUT2D eigenvalue weighted by Gasteiger charge is -2.08. The Bertz CT molecular complexity index is 760. The van der Waals surface area contributed by atoms with E-state index in [0.29, 0.717) is 12.2 Å². The summed E-state index contributed by atoms with van der Waals surface area (Å²) in [6.07, 6.45) is 9.32. The van der Waals surface area contributed by atoms with Gasteiger partial charge in [0.2, 0.25) is 0 Å². The van der Waals surface area contributed by atoms with E-state index in [1.54, 1.807) is 6.92 Å². The van der Waals surface area contributed by atoms with Crippen LogP contribution in [-0.2, 0) is 9.53 Å². The molecule has 0 N–H and O–H groups in total. The molecule has 0 bridgehead atoms. The summed E-state index contributed by atoms with van der Waals surface area (Å²) in [7, 11) is 0. The molecule has 0 fully saturated rings. The minimum absolute atomic E-state index is 0.278. The normalized spacial score (nSPS) is 10.6. The summed E-state index contributed by atoms with van der Waals surface area (Å²) in [5.74, 6) is 0.664. The van der Waals surface area contributed by atoms with Gasteiger partial charge < -0.3 is 9.47 Å². The van der Waals surface area contributed by atoms with Crippen molar-refractivity contribution in [3.8, 4) is 16.9 Å². The van der Waals surface area contributed by atoms with Crippen molar-refractivity contribution in [3.63, 3.8) is 0 Å². The number of esters is 1. The molecule has 0 saturated heterocycles. The second kappa shape index (κ2) is 13.6. The quantitative estimate of drug-likeness (QED) is 0.187. The molecule has 0 aliphatic rings. The van der Waals surface area contributed by atoms with Crippen LogP contribution in [0.4, 0.5) is 0 Å². The van der Waals surface area contributed by atoms with Crippen LogP contribution in [0.5, 0.6) is 5.75 Å². The summed E-state index contributed by atoms with van der Waals surface area (Å²) in [5.41, 5.74) is 4.20. The molecule has 0 amide bonds. The summed E-state index contributed by atoms with van der Waals surface area (Å²) < 4.78 is 11.0. The van der Waals surface area contributed by atoms with Crippen LogP contribution >= 0.6 is 0 Å². The second-order valence-corrected chi connectivity index (χ2v) is 7.98. The van der Waals surface area contributed by atoms with Gasteiger partial charge in [-0.05, 0) is 49.9 Å². The first kappa shape index (κ1) is 23.7. The third-order valence-corrected chi connectivity index (χ3v) is 5.13. The molecule has 2 rings (SSSR count). The number of hydrogen-bond donors (Lipinski definition) is 0. The molecule has 2 aromatic rings. The van der Waals surface area contributed by atoms with Gasteiger partial charge in [0, 0.05) is 5.57 Å². The first-order chi connectivity index (χ1) is 14.6. The van der Waals surface area contributed by atoms with Crippen molar-refractivity contribution >= 4 is 5.97 Å². The van der Waals surface area contributed by atoms with E-state index in [9.17, 15) is 4.79 Å². The Labute approximate surface area is 182 Å². The fourth-order valence-electron chi connectivity index (χ4n) is 3.23. The summed E-state index contributed by atoms with van der Waals surface area (Å²) >= 11 is 0. The standard InChI is InChI=1S/C27H36O3/c1-22(2)27(28)30-21-11-9-7-5-4-6-8-10-20-29-26-18-16-25(17-19-26)24-14-12-23(3)13-15-24/h12-19H,1,4-11,20-21H2,2-3H3. The number of unbranched alkanes of at least 4 members (excludes halogenated alkanes) is 7. The Balaban J connectivity index is 1.46. The first-order valence-electron chi connectivity index (χ1n) is 11.2. The van der Waals surface area contributed by atoms with E-state index in [4.69, 9.17) is 9.47 Å². The summed E-state index contributed by atoms with van der Waals surface area (Å²) in [6.45, 7) is 8.64. The van der Waals surface area contributed by atoms with E-state index >= 15 is 0 Å². The topological polar surface area (TPSA) is 35.5 Å². The van der Waals surface area contributed by atoms with E-state index in [-0.39, 0.29) is 5.97 Å². The molecule has 3 heteroatoms. The average Bonchev–Trinajstić information content (AvgIpc) is 2.75. The third kappa shape index (κ3) is 9.30. The third-order valence-electron chi connectivity index (χ3n) is 5.13. The number of carbonyl (C=O) groups is 1. The Kier molecular flexibility index (Phi) is 10.8. The van der Waals surface area contributed by atoms with Crippen molar-refractivity contribution in [1.82, 2.24) is 0 Å². The molecular weight excluding hydrogens is 372 g/mol. The molecule has 0 heterocycles. The number of benzene rings is 2.